The van der Waals surface area contributed by atoms with E-state index >= 15 is 0 Å². The summed E-state index contributed by atoms with van der Waals surface area (Å²) in [5, 5.41) is 0.392. The third-order valence-electron chi connectivity index (χ3n) is 5.23. The zero-order chi connectivity index (χ0) is 21.3. The number of halogens is 1. The average molecular weight is 441 g/mol. The first-order valence-corrected chi connectivity index (χ1v) is 11.5. The Morgan fingerprint density at radius 1 is 1.03 bits per heavy atom. The van der Waals surface area contributed by atoms with Crippen LogP contribution in [-0.4, -0.2) is 20.9 Å². The minimum atomic E-state index is -3.82. The van der Waals surface area contributed by atoms with Gasteiger partial charge in [-0.1, -0.05) is 41.9 Å². The van der Waals surface area contributed by atoms with Crippen molar-refractivity contribution in [1.29, 1.82) is 0 Å². The maximum absolute atomic E-state index is 13.0. The Morgan fingerprint density at radius 2 is 1.80 bits per heavy atom. The highest BCUT2D eigenvalue weighted by Gasteiger charge is 2.25. The molecule has 4 rings (SSSR count). The van der Waals surface area contributed by atoms with Crippen molar-refractivity contribution in [3.63, 3.8) is 0 Å². The van der Waals surface area contributed by atoms with Crippen molar-refractivity contribution < 1.29 is 13.2 Å². The first kappa shape index (κ1) is 20.4. The van der Waals surface area contributed by atoms with E-state index in [0.717, 1.165) is 24.1 Å². The van der Waals surface area contributed by atoms with E-state index in [0.29, 0.717) is 28.4 Å². The number of rotatable bonds is 4. The lowest BCUT2D eigenvalue weighted by atomic mass is 10.00. The fraction of sp³-hybridized carbons (Fsp3) is 0.174. The van der Waals surface area contributed by atoms with E-state index in [1.54, 1.807) is 48.2 Å². The number of nitrogens with one attached hydrogen (secondary N) is 1. The van der Waals surface area contributed by atoms with Crippen molar-refractivity contribution >= 4 is 38.9 Å². The molecule has 1 amide bonds. The van der Waals surface area contributed by atoms with E-state index in [1.165, 1.54) is 6.07 Å². The van der Waals surface area contributed by atoms with Gasteiger partial charge in [-0.2, -0.15) is 0 Å². The molecule has 1 aliphatic heterocycles. The molecular weight excluding hydrogens is 420 g/mol. The van der Waals surface area contributed by atoms with Gasteiger partial charge in [0.2, 0.25) is 0 Å². The summed E-state index contributed by atoms with van der Waals surface area (Å²) in [5.74, 6) is -0.0951. The van der Waals surface area contributed by atoms with Gasteiger partial charge in [0.05, 0.1) is 10.6 Å². The number of carbonyl (C=O) groups is 1. The molecule has 0 fully saturated rings. The molecular formula is C23H21ClN2O3S. The molecule has 154 valence electrons. The molecule has 0 aliphatic carbocycles. The zero-order valence-electron chi connectivity index (χ0n) is 16.4. The molecule has 1 heterocycles. The van der Waals surface area contributed by atoms with Crippen molar-refractivity contribution in [2.24, 2.45) is 0 Å². The lowest BCUT2D eigenvalue weighted by Gasteiger charge is -2.30. The minimum Gasteiger partial charge on any atom is -0.308 e. The third kappa shape index (κ3) is 3.93. The number of hydrogen-bond acceptors (Lipinski definition) is 3. The van der Waals surface area contributed by atoms with E-state index in [-0.39, 0.29) is 10.8 Å². The van der Waals surface area contributed by atoms with Crippen LogP contribution in [-0.2, 0) is 16.4 Å². The topological polar surface area (TPSA) is 66.5 Å². The van der Waals surface area contributed by atoms with Gasteiger partial charge in [-0.15, -0.1) is 0 Å². The number of sulfonamides is 1. The summed E-state index contributed by atoms with van der Waals surface area (Å²) in [6.07, 6.45) is 1.70. The number of carbonyl (C=O) groups excluding carboxylic acids is 1. The van der Waals surface area contributed by atoms with Crippen LogP contribution in [0, 0.1) is 6.92 Å². The highest BCUT2D eigenvalue weighted by atomic mass is 35.5. The highest BCUT2D eigenvalue weighted by molar-refractivity contribution is 7.92. The van der Waals surface area contributed by atoms with Gasteiger partial charge in [0.25, 0.3) is 15.9 Å². The standard InChI is InChI=1S/C23H21ClN2O3S/c1-16-20(24)10-5-11-22(16)30(28,29)25-19-13-12-17-9-6-14-26(21(17)15-19)23(27)18-7-3-2-4-8-18/h2-5,7-8,10-13,15,25H,6,9,14H2,1H3. The second kappa shape index (κ2) is 8.13. The molecule has 1 aliphatic rings. The number of anilines is 2. The Bertz CT molecular complexity index is 1210. The molecule has 0 saturated carbocycles. The van der Waals surface area contributed by atoms with Crippen LogP contribution in [0.1, 0.15) is 27.9 Å². The van der Waals surface area contributed by atoms with E-state index in [9.17, 15) is 13.2 Å². The fourth-order valence-corrected chi connectivity index (χ4v) is 5.22. The van der Waals surface area contributed by atoms with Crippen LogP contribution in [0.2, 0.25) is 5.02 Å². The second-order valence-electron chi connectivity index (χ2n) is 7.24. The molecule has 0 spiro atoms. The van der Waals surface area contributed by atoms with Crippen LogP contribution in [0.25, 0.3) is 0 Å². The smallest absolute Gasteiger partial charge is 0.262 e. The Kier molecular flexibility index (Phi) is 5.54. The van der Waals surface area contributed by atoms with Crippen LogP contribution >= 0.6 is 11.6 Å². The summed E-state index contributed by atoms with van der Waals surface area (Å²) in [4.78, 5) is 14.9. The van der Waals surface area contributed by atoms with Gasteiger partial charge < -0.3 is 4.90 Å². The molecule has 30 heavy (non-hydrogen) atoms. The quantitative estimate of drug-likeness (QED) is 0.617. The Labute approximate surface area is 181 Å². The molecule has 0 bridgehead atoms. The molecule has 1 N–H and O–H groups in total. The second-order valence-corrected chi connectivity index (χ2v) is 9.30. The van der Waals surface area contributed by atoms with E-state index in [1.807, 2.05) is 24.3 Å². The number of aryl methyl sites for hydroxylation is 1. The van der Waals surface area contributed by atoms with Crippen LogP contribution < -0.4 is 9.62 Å². The molecule has 0 unspecified atom stereocenters. The first-order chi connectivity index (χ1) is 14.4. The Hall–Kier alpha value is -2.83. The molecule has 3 aromatic rings. The molecule has 7 heteroatoms. The van der Waals surface area contributed by atoms with Crippen molar-refractivity contribution in [1.82, 2.24) is 0 Å². The zero-order valence-corrected chi connectivity index (χ0v) is 18.0. The van der Waals surface area contributed by atoms with Gasteiger partial charge in [0.15, 0.2) is 0 Å². The van der Waals surface area contributed by atoms with Crippen LogP contribution in [0.5, 0.6) is 0 Å². The lowest BCUT2D eigenvalue weighted by Crippen LogP contribution is -2.35. The number of nitrogens with zero attached hydrogens (tertiary/aromatic N) is 1. The third-order valence-corrected chi connectivity index (χ3v) is 7.16. The fourth-order valence-electron chi connectivity index (χ4n) is 3.67. The maximum atomic E-state index is 13.0. The summed E-state index contributed by atoms with van der Waals surface area (Å²) < 4.78 is 28.5. The minimum absolute atomic E-state index is 0.0951. The van der Waals surface area contributed by atoms with Crippen molar-refractivity contribution in [2.75, 3.05) is 16.2 Å². The van der Waals surface area contributed by atoms with Crippen molar-refractivity contribution in [3.05, 3.63) is 88.4 Å². The average Bonchev–Trinajstić information content (AvgIpc) is 2.75. The van der Waals surface area contributed by atoms with E-state index in [2.05, 4.69) is 4.72 Å². The first-order valence-electron chi connectivity index (χ1n) is 9.64. The van der Waals surface area contributed by atoms with Crippen molar-refractivity contribution in [3.8, 4) is 0 Å². The number of benzene rings is 3. The summed E-state index contributed by atoms with van der Waals surface area (Å²) in [6, 6.07) is 19.2. The summed E-state index contributed by atoms with van der Waals surface area (Å²) in [6.45, 7) is 2.26. The van der Waals surface area contributed by atoms with Crippen molar-refractivity contribution in [2.45, 2.75) is 24.7 Å². The molecule has 0 radical (unpaired) electrons. The van der Waals surface area contributed by atoms with Gasteiger partial charge in [0, 0.05) is 22.8 Å². The molecule has 3 aromatic carbocycles. The molecule has 0 atom stereocenters. The molecule has 5 nitrogen and oxygen atoms in total. The summed E-state index contributed by atoms with van der Waals surface area (Å²) in [5.41, 5.74) is 3.25. The predicted molar refractivity (Wildman–Crippen MR) is 120 cm³/mol. The number of amides is 1. The monoisotopic (exact) mass is 440 g/mol. The van der Waals surface area contributed by atoms with E-state index in [4.69, 9.17) is 11.6 Å². The predicted octanol–water partition coefficient (Wildman–Crippen LogP) is 5.04. The number of fused-ring (bicyclic) bond motifs is 1. The van der Waals surface area contributed by atoms with Gasteiger partial charge in [-0.25, -0.2) is 8.42 Å². The largest absolute Gasteiger partial charge is 0.308 e. The normalized spacial score (nSPS) is 13.6. The summed E-state index contributed by atoms with van der Waals surface area (Å²) >= 11 is 6.09. The van der Waals surface area contributed by atoms with Crippen LogP contribution in [0.15, 0.2) is 71.6 Å². The van der Waals surface area contributed by atoms with Gasteiger partial charge >= 0.3 is 0 Å². The molecule has 0 saturated heterocycles. The highest BCUT2D eigenvalue weighted by Crippen LogP contribution is 2.32. The summed E-state index contributed by atoms with van der Waals surface area (Å²) in [7, 11) is -3.82. The number of hydrogen-bond donors (Lipinski definition) is 1. The van der Waals surface area contributed by atoms with Gasteiger partial charge in [-0.05, 0) is 67.3 Å². The maximum Gasteiger partial charge on any atom is 0.262 e. The van der Waals surface area contributed by atoms with Gasteiger partial charge in [-0.3, -0.25) is 9.52 Å². The van der Waals surface area contributed by atoms with E-state index < -0.39 is 10.0 Å². The Balaban J connectivity index is 1.68. The lowest BCUT2D eigenvalue weighted by molar-refractivity contribution is 0.0985. The van der Waals surface area contributed by atoms with Gasteiger partial charge in [0.1, 0.15) is 0 Å². The van der Waals surface area contributed by atoms with Crippen LogP contribution in [0.4, 0.5) is 11.4 Å². The molecule has 0 aromatic heterocycles. The SMILES string of the molecule is Cc1c(Cl)cccc1S(=O)(=O)Nc1ccc2c(c1)N(C(=O)c1ccccc1)CCC2. The van der Waals surface area contributed by atoms with Crippen LogP contribution in [0.3, 0.4) is 0 Å². The Morgan fingerprint density at radius 3 is 2.57 bits per heavy atom.